The topological polar surface area (TPSA) is 33.1 Å². The van der Waals surface area contributed by atoms with Crippen molar-refractivity contribution in [3.8, 4) is 0 Å². The van der Waals surface area contributed by atoms with Crippen molar-refractivity contribution >= 4 is 0 Å². The zero-order valence-corrected chi connectivity index (χ0v) is 11.8. The molecule has 0 fully saturated rings. The largest absolute Gasteiger partial charge is 0.308 e. The van der Waals surface area contributed by atoms with Gasteiger partial charge in [0.1, 0.15) is 0 Å². The third-order valence-corrected chi connectivity index (χ3v) is 2.85. The summed E-state index contributed by atoms with van der Waals surface area (Å²) in [4.78, 5) is 2.20. The first-order valence-corrected chi connectivity index (χ1v) is 6.50. The van der Waals surface area contributed by atoms with Gasteiger partial charge in [0.15, 0.2) is 0 Å². The molecule has 1 N–H and O–H groups in total. The minimum atomic E-state index is 0.496. The van der Waals surface area contributed by atoms with Crippen LogP contribution in [0.15, 0.2) is 6.07 Å². The number of likely N-dealkylation sites (N-methyl/N-ethyl adjacent to an activating group) is 1. The summed E-state index contributed by atoms with van der Waals surface area (Å²) in [5.41, 5.74) is 2.47. The van der Waals surface area contributed by atoms with Crippen LogP contribution in [-0.4, -0.2) is 41.4 Å². The van der Waals surface area contributed by atoms with Crippen LogP contribution in [0.3, 0.4) is 0 Å². The molecule has 0 saturated heterocycles. The molecule has 0 saturated carbocycles. The Morgan fingerprint density at radius 1 is 1.41 bits per heavy atom. The molecule has 0 bridgehead atoms. The molecule has 1 unspecified atom stereocenters. The van der Waals surface area contributed by atoms with E-state index in [4.69, 9.17) is 0 Å². The average molecular weight is 238 g/mol. The molecular formula is C13H26N4. The molecule has 1 rings (SSSR count). The van der Waals surface area contributed by atoms with Gasteiger partial charge in [-0.15, -0.1) is 0 Å². The smallest absolute Gasteiger partial charge is 0.0625 e. The van der Waals surface area contributed by atoms with Crippen LogP contribution >= 0.6 is 0 Å². The highest BCUT2D eigenvalue weighted by molar-refractivity contribution is 5.10. The van der Waals surface area contributed by atoms with E-state index in [1.165, 1.54) is 11.4 Å². The van der Waals surface area contributed by atoms with Crippen molar-refractivity contribution < 1.29 is 0 Å². The quantitative estimate of drug-likeness (QED) is 0.781. The highest BCUT2D eigenvalue weighted by atomic mass is 15.3. The lowest BCUT2D eigenvalue weighted by atomic mass is 10.2. The van der Waals surface area contributed by atoms with Crippen molar-refractivity contribution in [2.45, 2.75) is 46.3 Å². The first kappa shape index (κ1) is 14.2. The predicted octanol–water partition coefficient (Wildman–Crippen LogP) is 1.51. The van der Waals surface area contributed by atoms with Gasteiger partial charge in [-0.2, -0.15) is 5.10 Å². The summed E-state index contributed by atoms with van der Waals surface area (Å²) in [5.74, 6) is 0. The van der Waals surface area contributed by atoms with Gasteiger partial charge in [-0.05, 0) is 40.4 Å². The summed E-state index contributed by atoms with van der Waals surface area (Å²) in [6, 6.07) is 2.70. The van der Waals surface area contributed by atoms with Crippen molar-refractivity contribution in [1.82, 2.24) is 20.0 Å². The number of aromatic nitrogens is 2. The second kappa shape index (κ2) is 6.77. The summed E-state index contributed by atoms with van der Waals surface area (Å²) in [5, 5.41) is 8.09. The molecule has 4 nitrogen and oxygen atoms in total. The minimum Gasteiger partial charge on any atom is -0.308 e. The summed E-state index contributed by atoms with van der Waals surface area (Å²) in [7, 11) is 4.20. The van der Waals surface area contributed by atoms with Crippen LogP contribution in [0, 0.1) is 0 Å². The molecule has 1 heterocycles. The highest BCUT2D eigenvalue weighted by Gasteiger charge is 2.07. The number of hydrogen-bond acceptors (Lipinski definition) is 3. The van der Waals surface area contributed by atoms with E-state index in [1.54, 1.807) is 0 Å². The molecule has 0 aliphatic heterocycles. The standard InChI is InChI=1S/C13H26N4/c1-6-12-8-13(17(7-2)15-12)9-14-11(3)10-16(4)5/h8,11,14H,6-7,9-10H2,1-5H3. The first-order valence-electron chi connectivity index (χ1n) is 6.50. The van der Waals surface area contributed by atoms with E-state index >= 15 is 0 Å². The third-order valence-electron chi connectivity index (χ3n) is 2.85. The minimum absolute atomic E-state index is 0.496. The normalized spacial score (nSPS) is 13.3. The van der Waals surface area contributed by atoms with Crippen LogP contribution in [0.4, 0.5) is 0 Å². The molecule has 0 radical (unpaired) electrons. The van der Waals surface area contributed by atoms with Crippen molar-refractivity contribution in [1.29, 1.82) is 0 Å². The molecule has 0 amide bonds. The van der Waals surface area contributed by atoms with Crippen molar-refractivity contribution in [2.24, 2.45) is 0 Å². The van der Waals surface area contributed by atoms with Gasteiger partial charge in [-0.1, -0.05) is 6.92 Å². The maximum Gasteiger partial charge on any atom is 0.0625 e. The Morgan fingerprint density at radius 3 is 2.65 bits per heavy atom. The maximum atomic E-state index is 4.55. The molecule has 1 aromatic rings. The molecule has 17 heavy (non-hydrogen) atoms. The van der Waals surface area contributed by atoms with E-state index < -0.39 is 0 Å². The Balaban J connectivity index is 2.53. The molecule has 4 heteroatoms. The van der Waals surface area contributed by atoms with Gasteiger partial charge in [0.25, 0.3) is 0 Å². The van der Waals surface area contributed by atoms with E-state index in [1.807, 2.05) is 0 Å². The number of nitrogens with one attached hydrogen (secondary N) is 1. The molecule has 0 aliphatic carbocycles. The number of rotatable bonds is 7. The van der Waals surface area contributed by atoms with E-state index in [9.17, 15) is 0 Å². The Labute approximate surface area is 105 Å². The predicted molar refractivity (Wildman–Crippen MR) is 72.1 cm³/mol. The fourth-order valence-electron chi connectivity index (χ4n) is 1.99. The van der Waals surface area contributed by atoms with Gasteiger partial charge >= 0.3 is 0 Å². The Morgan fingerprint density at radius 2 is 2.12 bits per heavy atom. The first-order chi connectivity index (χ1) is 8.06. The Hall–Kier alpha value is -0.870. The molecule has 0 aromatic carbocycles. The van der Waals surface area contributed by atoms with Crippen LogP contribution in [-0.2, 0) is 19.5 Å². The van der Waals surface area contributed by atoms with Crippen LogP contribution in [0.2, 0.25) is 0 Å². The molecular weight excluding hydrogens is 212 g/mol. The lowest BCUT2D eigenvalue weighted by Crippen LogP contribution is -2.35. The van der Waals surface area contributed by atoms with Crippen molar-refractivity contribution in [2.75, 3.05) is 20.6 Å². The second-order valence-corrected chi connectivity index (χ2v) is 4.84. The van der Waals surface area contributed by atoms with Crippen LogP contribution in [0.5, 0.6) is 0 Å². The number of aryl methyl sites for hydroxylation is 2. The average Bonchev–Trinajstić information content (AvgIpc) is 2.67. The zero-order valence-electron chi connectivity index (χ0n) is 11.8. The highest BCUT2D eigenvalue weighted by Crippen LogP contribution is 2.05. The lowest BCUT2D eigenvalue weighted by Gasteiger charge is -2.18. The fourth-order valence-corrected chi connectivity index (χ4v) is 1.99. The van der Waals surface area contributed by atoms with Crippen molar-refractivity contribution in [3.63, 3.8) is 0 Å². The summed E-state index contributed by atoms with van der Waals surface area (Å²) >= 11 is 0. The zero-order chi connectivity index (χ0) is 12.8. The molecule has 1 atom stereocenters. The van der Waals surface area contributed by atoms with Gasteiger partial charge in [0.2, 0.25) is 0 Å². The monoisotopic (exact) mass is 238 g/mol. The van der Waals surface area contributed by atoms with E-state index in [-0.39, 0.29) is 0 Å². The summed E-state index contributed by atoms with van der Waals surface area (Å²) < 4.78 is 2.09. The van der Waals surface area contributed by atoms with Gasteiger partial charge in [0, 0.05) is 25.7 Å². The summed E-state index contributed by atoms with van der Waals surface area (Å²) in [6.07, 6.45) is 1.01. The molecule has 1 aromatic heterocycles. The molecule has 0 aliphatic rings. The lowest BCUT2D eigenvalue weighted by molar-refractivity contribution is 0.346. The van der Waals surface area contributed by atoms with Gasteiger partial charge in [0.05, 0.1) is 11.4 Å². The molecule has 98 valence electrons. The van der Waals surface area contributed by atoms with Gasteiger partial charge < -0.3 is 10.2 Å². The van der Waals surface area contributed by atoms with Gasteiger partial charge in [-0.25, -0.2) is 0 Å². The fraction of sp³-hybridized carbons (Fsp3) is 0.769. The van der Waals surface area contributed by atoms with Gasteiger partial charge in [-0.3, -0.25) is 4.68 Å². The van der Waals surface area contributed by atoms with Crippen LogP contribution in [0.25, 0.3) is 0 Å². The van der Waals surface area contributed by atoms with Crippen molar-refractivity contribution in [3.05, 3.63) is 17.5 Å². The Bertz CT molecular complexity index is 330. The van der Waals surface area contributed by atoms with Crippen LogP contribution < -0.4 is 5.32 Å². The van der Waals surface area contributed by atoms with E-state index in [0.717, 1.165) is 26.1 Å². The summed E-state index contributed by atoms with van der Waals surface area (Å²) in [6.45, 7) is 9.40. The third kappa shape index (κ3) is 4.48. The second-order valence-electron chi connectivity index (χ2n) is 4.84. The Kier molecular flexibility index (Phi) is 5.65. The number of hydrogen-bond donors (Lipinski definition) is 1. The molecule has 0 spiro atoms. The van der Waals surface area contributed by atoms with Crippen LogP contribution in [0.1, 0.15) is 32.2 Å². The maximum absolute atomic E-state index is 4.55. The van der Waals surface area contributed by atoms with E-state index in [0.29, 0.717) is 6.04 Å². The van der Waals surface area contributed by atoms with E-state index in [2.05, 4.69) is 60.9 Å². The SMILES string of the molecule is CCc1cc(CNC(C)CN(C)C)n(CC)n1. The number of nitrogens with zero attached hydrogens (tertiary/aromatic N) is 3.